The Morgan fingerprint density at radius 1 is 1.41 bits per heavy atom. The van der Waals surface area contributed by atoms with E-state index in [1.165, 1.54) is 12.1 Å². The highest BCUT2D eigenvalue weighted by atomic mass is 19.1. The zero-order valence-corrected chi connectivity index (χ0v) is 12.3. The first-order valence-corrected chi connectivity index (χ1v) is 7.12. The summed E-state index contributed by atoms with van der Waals surface area (Å²) < 4.78 is 14.5. The Morgan fingerprint density at radius 2 is 2.14 bits per heavy atom. The minimum Gasteiger partial charge on any atom is -0.340 e. The van der Waals surface area contributed by atoms with E-state index in [9.17, 15) is 9.18 Å². The number of aromatic nitrogens is 2. The van der Waals surface area contributed by atoms with Crippen LogP contribution in [-0.2, 0) is 11.2 Å². The molecule has 2 aromatic rings. The van der Waals surface area contributed by atoms with Crippen LogP contribution in [0.15, 0.2) is 36.5 Å². The van der Waals surface area contributed by atoms with Gasteiger partial charge in [0.05, 0.1) is 23.9 Å². The normalized spacial score (nSPS) is 11.7. The Kier molecular flexibility index (Phi) is 5.26. The zero-order chi connectivity index (χ0) is 15.9. The van der Waals surface area contributed by atoms with Crippen molar-refractivity contribution in [3.05, 3.63) is 48.0 Å². The van der Waals surface area contributed by atoms with Crippen LogP contribution in [0.2, 0.25) is 0 Å². The molecule has 0 fully saturated rings. The van der Waals surface area contributed by atoms with E-state index in [1.54, 1.807) is 29.1 Å². The van der Waals surface area contributed by atoms with Crippen LogP contribution in [0.1, 0.15) is 25.5 Å². The average Bonchev–Trinajstić information content (AvgIpc) is 2.95. The van der Waals surface area contributed by atoms with E-state index in [1.807, 2.05) is 6.92 Å². The number of nitrogens with one attached hydrogen (secondary N) is 1. The second-order valence-corrected chi connectivity index (χ2v) is 4.94. The SMILES string of the molecule is CCC[C@@H](C#N)NC(=O)Cc1ccn(-c2ccc(F)cc2)n1. The van der Waals surface area contributed by atoms with Crippen LogP contribution in [-0.4, -0.2) is 21.7 Å². The fourth-order valence-electron chi connectivity index (χ4n) is 2.06. The van der Waals surface area contributed by atoms with Crippen LogP contribution in [0.25, 0.3) is 5.69 Å². The summed E-state index contributed by atoms with van der Waals surface area (Å²) in [6.45, 7) is 1.96. The Hall–Kier alpha value is -2.68. The summed E-state index contributed by atoms with van der Waals surface area (Å²) in [6.07, 6.45) is 3.28. The largest absolute Gasteiger partial charge is 0.340 e. The molecule has 5 nitrogen and oxygen atoms in total. The number of nitriles is 1. The van der Waals surface area contributed by atoms with Gasteiger partial charge < -0.3 is 5.32 Å². The number of carbonyl (C=O) groups excluding carboxylic acids is 1. The number of hydrogen-bond acceptors (Lipinski definition) is 3. The average molecular weight is 300 g/mol. The highest BCUT2D eigenvalue weighted by Gasteiger charge is 2.12. The van der Waals surface area contributed by atoms with Gasteiger partial charge in [0.25, 0.3) is 0 Å². The molecule has 0 radical (unpaired) electrons. The molecule has 0 saturated carbocycles. The van der Waals surface area contributed by atoms with E-state index < -0.39 is 6.04 Å². The van der Waals surface area contributed by atoms with E-state index in [0.29, 0.717) is 17.8 Å². The third-order valence-corrected chi connectivity index (χ3v) is 3.15. The molecule has 0 aliphatic rings. The maximum absolute atomic E-state index is 12.9. The number of amides is 1. The summed E-state index contributed by atoms with van der Waals surface area (Å²) in [6, 6.07) is 9.25. The van der Waals surface area contributed by atoms with Gasteiger partial charge in [-0.15, -0.1) is 0 Å². The minimum atomic E-state index is -0.461. The molecule has 1 atom stereocenters. The zero-order valence-electron chi connectivity index (χ0n) is 12.3. The van der Waals surface area contributed by atoms with Crippen molar-refractivity contribution >= 4 is 5.91 Å². The first-order valence-electron chi connectivity index (χ1n) is 7.12. The number of halogens is 1. The van der Waals surface area contributed by atoms with Crippen LogP contribution in [0.3, 0.4) is 0 Å². The molecule has 114 valence electrons. The van der Waals surface area contributed by atoms with Gasteiger partial charge in [-0.25, -0.2) is 9.07 Å². The van der Waals surface area contributed by atoms with E-state index in [-0.39, 0.29) is 18.1 Å². The molecule has 22 heavy (non-hydrogen) atoms. The van der Waals surface area contributed by atoms with Gasteiger partial charge in [-0.3, -0.25) is 4.79 Å². The van der Waals surface area contributed by atoms with Crippen molar-refractivity contribution in [3.63, 3.8) is 0 Å². The molecule has 0 aliphatic heterocycles. The van der Waals surface area contributed by atoms with Gasteiger partial charge in [-0.2, -0.15) is 10.4 Å². The number of nitrogens with zero attached hydrogens (tertiary/aromatic N) is 3. The molecule has 0 saturated heterocycles. The van der Waals surface area contributed by atoms with Gasteiger partial charge in [-0.1, -0.05) is 13.3 Å². The predicted molar refractivity (Wildman–Crippen MR) is 79.7 cm³/mol. The highest BCUT2D eigenvalue weighted by molar-refractivity contribution is 5.78. The van der Waals surface area contributed by atoms with Crippen LogP contribution >= 0.6 is 0 Å². The van der Waals surface area contributed by atoms with E-state index >= 15 is 0 Å². The van der Waals surface area contributed by atoms with Gasteiger partial charge in [0.15, 0.2) is 0 Å². The Morgan fingerprint density at radius 3 is 2.77 bits per heavy atom. The van der Waals surface area contributed by atoms with Crippen molar-refractivity contribution in [1.29, 1.82) is 5.26 Å². The summed E-state index contributed by atoms with van der Waals surface area (Å²) in [4.78, 5) is 11.9. The van der Waals surface area contributed by atoms with Crippen molar-refractivity contribution in [2.24, 2.45) is 0 Å². The van der Waals surface area contributed by atoms with Gasteiger partial charge in [0.2, 0.25) is 5.91 Å². The van der Waals surface area contributed by atoms with Gasteiger partial charge in [-0.05, 0) is 36.8 Å². The van der Waals surface area contributed by atoms with E-state index in [0.717, 1.165) is 6.42 Å². The quantitative estimate of drug-likeness (QED) is 0.890. The summed E-state index contributed by atoms with van der Waals surface area (Å²) >= 11 is 0. The molecule has 2 rings (SSSR count). The Bertz CT molecular complexity index is 672. The van der Waals surface area contributed by atoms with Crippen LogP contribution in [0.4, 0.5) is 4.39 Å². The van der Waals surface area contributed by atoms with Gasteiger partial charge in [0.1, 0.15) is 11.9 Å². The lowest BCUT2D eigenvalue weighted by Crippen LogP contribution is -2.34. The first-order chi connectivity index (χ1) is 10.6. The summed E-state index contributed by atoms with van der Waals surface area (Å²) in [5, 5.41) is 15.9. The Labute approximate surface area is 128 Å². The fraction of sp³-hybridized carbons (Fsp3) is 0.312. The molecule has 1 N–H and O–H groups in total. The van der Waals surface area contributed by atoms with Crippen LogP contribution in [0.5, 0.6) is 0 Å². The molecule has 1 aromatic heterocycles. The van der Waals surface area contributed by atoms with Crippen LogP contribution < -0.4 is 5.32 Å². The molecule has 0 aliphatic carbocycles. The lowest BCUT2D eigenvalue weighted by atomic mass is 10.2. The first kappa shape index (κ1) is 15.7. The third kappa shape index (κ3) is 4.16. The monoisotopic (exact) mass is 300 g/mol. The van der Waals surface area contributed by atoms with Crippen molar-refractivity contribution in [2.75, 3.05) is 0 Å². The lowest BCUT2D eigenvalue weighted by molar-refractivity contribution is -0.120. The van der Waals surface area contributed by atoms with Gasteiger partial charge >= 0.3 is 0 Å². The van der Waals surface area contributed by atoms with Crippen molar-refractivity contribution in [3.8, 4) is 11.8 Å². The second-order valence-electron chi connectivity index (χ2n) is 4.94. The molecule has 0 bridgehead atoms. The number of benzene rings is 1. The number of carbonyl (C=O) groups is 1. The second kappa shape index (κ2) is 7.36. The molecule has 1 aromatic carbocycles. The van der Waals surface area contributed by atoms with E-state index in [2.05, 4.69) is 16.5 Å². The minimum absolute atomic E-state index is 0.107. The van der Waals surface area contributed by atoms with Crippen molar-refractivity contribution < 1.29 is 9.18 Å². The molecular weight excluding hydrogens is 283 g/mol. The summed E-state index contributed by atoms with van der Waals surface area (Å²) in [5.41, 5.74) is 1.31. The van der Waals surface area contributed by atoms with E-state index in [4.69, 9.17) is 5.26 Å². The Balaban J connectivity index is 1.98. The molecule has 0 unspecified atom stereocenters. The molecule has 1 heterocycles. The maximum atomic E-state index is 12.9. The smallest absolute Gasteiger partial charge is 0.227 e. The molecular formula is C16H17FN4O. The fourth-order valence-corrected chi connectivity index (χ4v) is 2.06. The lowest BCUT2D eigenvalue weighted by Gasteiger charge is -2.09. The van der Waals surface area contributed by atoms with Gasteiger partial charge in [0, 0.05) is 6.20 Å². The summed E-state index contributed by atoms with van der Waals surface area (Å²) in [5.74, 6) is -0.543. The number of hydrogen-bond donors (Lipinski definition) is 1. The highest BCUT2D eigenvalue weighted by Crippen LogP contribution is 2.09. The predicted octanol–water partition coefficient (Wildman–Crippen LogP) is 2.36. The molecule has 0 spiro atoms. The van der Waals surface area contributed by atoms with Crippen LogP contribution in [0, 0.1) is 17.1 Å². The molecule has 1 amide bonds. The standard InChI is InChI=1S/C16H17FN4O/c1-2-3-14(11-18)19-16(22)10-13-8-9-21(20-13)15-6-4-12(17)5-7-15/h4-9,14H,2-3,10H2,1H3,(H,19,22)/t14-/m0/s1. The number of rotatable bonds is 6. The maximum Gasteiger partial charge on any atom is 0.227 e. The molecule has 6 heteroatoms. The third-order valence-electron chi connectivity index (χ3n) is 3.15. The van der Waals surface area contributed by atoms with Crippen molar-refractivity contribution in [1.82, 2.24) is 15.1 Å². The van der Waals surface area contributed by atoms with Crippen molar-refractivity contribution in [2.45, 2.75) is 32.2 Å². The topological polar surface area (TPSA) is 70.7 Å². The summed E-state index contributed by atoms with van der Waals surface area (Å²) in [7, 11) is 0.